The molecule has 0 bridgehead atoms. The number of piperidine rings is 1. The molecule has 2 aliphatic heterocycles. The van der Waals surface area contributed by atoms with Crippen LogP contribution in [0.15, 0.2) is 73.2 Å². The number of rotatable bonds is 13. The minimum Gasteiger partial charge on any atom is -0.488 e. The Balaban J connectivity index is 0.00000183. The molecular weight excluding hydrogens is 776 g/mol. The highest BCUT2D eigenvalue weighted by Gasteiger charge is 2.22. The van der Waals surface area contributed by atoms with Crippen LogP contribution in [0.25, 0.3) is 11.1 Å². The van der Waals surface area contributed by atoms with Crippen molar-refractivity contribution in [3.8, 4) is 28.7 Å². The first-order valence-corrected chi connectivity index (χ1v) is 20.4. The van der Waals surface area contributed by atoms with Gasteiger partial charge < -0.3 is 25.0 Å². The summed E-state index contributed by atoms with van der Waals surface area (Å²) in [6.45, 7) is 9.35. The first-order chi connectivity index (χ1) is 28.1. The molecule has 0 spiro atoms. The molecule has 0 saturated carbocycles. The standard InChI is InChI=1S/C43H45ClN6O4S.CH2O2/c1-28-32(27-54-41-18-40(53-26-31-16-30(19-45)20-46-21-31)33(17-38(41)44)23-49-13-4-3-5-14-49)8-6-9-36(28)37-10-7-11-39(29(37)2)48-42(52)43-47-22-35(55-43)25-50-15-12-34(51)24-50;2-1-3/h6-11,16-18,20-22,34,51H,3-5,12-15,23-27H2,1-2H3,(H,48,52);1H,(H,2,3). The lowest BCUT2D eigenvalue weighted by atomic mass is 9.93. The lowest BCUT2D eigenvalue weighted by Gasteiger charge is -2.27. The number of anilines is 1. The number of carbonyl (C=O) groups is 2. The second kappa shape index (κ2) is 20.4. The average molecular weight is 823 g/mol. The van der Waals surface area contributed by atoms with Crippen LogP contribution < -0.4 is 14.8 Å². The van der Waals surface area contributed by atoms with Crippen LogP contribution in [-0.4, -0.2) is 74.6 Å². The summed E-state index contributed by atoms with van der Waals surface area (Å²) < 4.78 is 12.8. The SMILES string of the molecule is Cc1c(COc2cc(OCc3cncc(C#N)c3)c(CN3CCCCC3)cc2Cl)cccc1-c1cccc(NC(=O)c2ncc(CN3CCC(O)C3)s2)c1C.O=CO. The Morgan fingerprint density at radius 2 is 1.69 bits per heavy atom. The van der Waals surface area contributed by atoms with Gasteiger partial charge in [-0.25, -0.2) is 4.98 Å². The molecule has 2 saturated heterocycles. The van der Waals surface area contributed by atoms with E-state index in [0.717, 1.165) is 82.1 Å². The highest BCUT2D eigenvalue weighted by molar-refractivity contribution is 7.13. The lowest BCUT2D eigenvalue weighted by molar-refractivity contribution is -0.122. The van der Waals surface area contributed by atoms with Crippen molar-refractivity contribution in [3.63, 3.8) is 0 Å². The molecular formula is C44H47ClN6O6S. The fraction of sp³-hybridized carbons (Fsp3) is 0.341. The van der Waals surface area contributed by atoms with Gasteiger partial charge in [-0.15, -0.1) is 11.3 Å². The maximum atomic E-state index is 13.3. The van der Waals surface area contributed by atoms with Crippen LogP contribution in [0.4, 0.5) is 5.69 Å². The van der Waals surface area contributed by atoms with E-state index < -0.39 is 0 Å². The second-order valence-electron chi connectivity index (χ2n) is 14.4. The number of nitrogens with one attached hydrogen (secondary N) is 1. The number of benzene rings is 3. The monoisotopic (exact) mass is 822 g/mol. The summed E-state index contributed by atoms with van der Waals surface area (Å²) in [7, 11) is 0. The Hall–Kier alpha value is -5.36. The number of likely N-dealkylation sites (tertiary alicyclic amines) is 2. The van der Waals surface area contributed by atoms with Crippen LogP contribution in [0.2, 0.25) is 5.02 Å². The summed E-state index contributed by atoms with van der Waals surface area (Å²) in [6.07, 6.45) is 9.09. The molecule has 1 atom stereocenters. The number of nitrogens with zero attached hydrogens (tertiary/aromatic N) is 5. The molecule has 2 aromatic heterocycles. The highest BCUT2D eigenvalue weighted by Crippen LogP contribution is 2.37. The number of thiazole rings is 1. The van der Waals surface area contributed by atoms with Crippen LogP contribution >= 0.6 is 22.9 Å². The molecule has 3 N–H and O–H groups in total. The molecule has 0 radical (unpaired) electrons. The summed E-state index contributed by atoms with van der Waals surface area (Å²) in [5.41, 5.74) is 8.06. The van der Waals surface area contributed by atoms with Crippen molar-refractivity contribution in [2.45, 2.75) is 71.9 Å². The number of carbonyl (C=O) groups excluding carboxylic acids is 1. The number of carboxylic acid groups (broad SMARTS) is 1. The lowest BCUT2D eigenvalue weighted by Crippen LogP contribution is -2.29. The summed E-state index contributed by atoms with van der Waals surface area (Å²) in [5.74, 6) is 0.969. The number of halogens is 1. The van der Waals surface area contributed by atoms with E-state index in [1.165, 1.54) is 36.8 Å². The van der Waals surface area contributed by atoms with Gasteiger partial charge in [0.2, 0.25) is 0 Å². The number of aliphatic hydroxyl groups excluding tert-OH is 1. The minimum absolute atomic E-state index is 0.244. The summed E-state index contributed by atoms with van der Waals surface area (Å²) in [5, 5.41) is 30.1. The molecule has 0 aliphatic carbocycles. The van der Waals surface area contributed by atoms with Crippen LogP contribution in [0, 0.1) is 25.2 Å². The molecule has 58 heavy (non-hydrogen) atoms. The van der Waals surface area contributed by atoms with Gasteiger partial charge in [-0.05, 0) is 92.2 Å². The van der Waals surface area contributed by atoms with Crippen LogP contribution in [-0.2, 0) is 31.1 Å². The molecule has 302 valence electrons. The molecule has 5 aromatic rings. The largest absolute Gasteiger partial charge is 0.488 e. The van der Waals surface area contributed by atoms with Crippen molar-refractivity contribution in [3.05, 3.63) is 121 Å². The number of amides is 1. The van der Waals surface area contributed by atoms with Gasteiger partial charge >= 0.3 is 0 Å². The van der Waals surface area contributed by atoms with Crippen molar-refractivity contribution >= 4 is 41.0 Å². The van der Waals surface area contributed by atoms with Crippen molar-refractivity contribution < 1.29 is 29.3 Å². The van der Waals surface area contributed by atoms with Crippen molar-refractivity contribution in [2.24, 2.45) is 0 Å². The van der Waals surface area contributed by atoms with E-state index in [4.69, 9.17) is 31.0 Å². The molecule has 4 heterocycles. The number of hydrogen-bond donors (Lipinski definition) is 3. The van der Waals surface area contributed by atoms with Crippen molar-refractivity contribution in [1.29, 1.82) is 5.26 Å². The third kappa shape index (κ3) is 11.0. The van der Waals surface area contributed by atoms with Crippen molar-refractivity contribution in [1.82, 2.24) is 19.8 Å². The topological polar surface area (TPSA) is 161 Å². The molecule has 1 amide bonds. The van der Waals surface area contributed by atoms with E-state index in [1.807, 2.05) is 43.3 Å². The minimum atomic E-state index is -0.286. The Kier molecular flexibility index (Phi) is 14.8. The summed E-state index contributed by atoms with van der Waals surface area (Å²) >= 11 is 8.27. The van der Waals surface area contributed by atoms with E-state index in [-0.39, 0.29) is 31.7 Å². The van der Waals surface area contributed by atoms with E-state index >= 15 is 0 Å². The van der Waals surface area contributed by atoms with Crippen LogP contribution in [0.3, 0.4) is 0 Å². The first-order valence-electron chi connectivity index (χ1n) is 19.2. The quantitative estimate of drug-likeness (QED) is 0.0987. The number of hydrogen-bond acceptors (Lipinski definition) is 11. The zero-order chi connectivity index (χ0) is 41.0. The van der Waals surface area contributed by atoms with E-state index in [0.29, 0.717) is 40.2 Å². The van der Waals surface area contributed by atoms with Gasteiger partial charge in [0.25, 0.3) is 12.4 Å². The fourth-order valence-corrected chi connectivity index (χ4v) is 8.37. The van der Waals surface area contributed by atoms with E-state index in [9.17, 15) is 15.2 Å². The highest BCUT2D eigenvalue weighted by atomic mass is 35.5. The molecule has 1 unspecified atom stereocenters. The number of aliphatic hydroxyl groups is 1. The molecule has 3 aromatic carbocycles. The summed E-state index contributed by atoms with van der Waals surface area (Å²) in [6, 6.07) is 19.8. The number of ether oxygens (including phenoxy) is 2. The molecule has 2 aliphatic rings. The van der Waals surface area contributed by atoms with Crippen molar-refractivity contribution in [2.75, 3.05) is 31.5 Å². The predicted octanol–water partition coefficient (Wildman–Crippen LogP) is 8.01. The van der Waals surface area contributed by atoms with E-state index in [1.54, 1.807) is 18.5 Å². The Bertz CT molecular complexity index is 2250. The predicted molar refractivity (Wildman–Crippen MR) is 224 cm³/mol. The smallest absolute Gasteiger partial charge is 0.290 e. The van der Waals surface area contributed by atoms with Gasteiger partial charge in [-0.2, -0.15) is 5.26 Å². The number of aromatic nitrogens is 2. The normalized spacial score (nSPS) is 15.5. The maximum absolute atomic E-state index is 13.3. The summed E-state index contributed by atoms with van der Waals surface area (Å²) in [4.78, 5) is 35.8. The van der Waals surface area contributed by atoms with Gasteiger partial charge in [0, 0.05) is 72.5 Å². The third-order valence-corrected chi connectivity index (χ3v) is 11.6. The zero-order valence-electron chi connectivity index (χ0n) is 32.6. The maximum Gasteiger partial charge on any atom is 0.290 e. The van der Waals surface area contributed by atoms with E-state index in [2.05, 4.69) is 50.2 Å². The van der Waals surface area contributed by atoms with Crippen LogP contribution in [0.1, 0.15) is 73.7 Å². The van der Waals surface area contributed by atoms with Gasteiger partial charge in [0.1, 0.15) is 30.8 Å². The third-order valence-electron chi connectivity index (χ3n) is 10.4. The number of nitriles is 1. The Labute approximate surface area is 347 Å². The molecule has 12 nitrogen and oxygen atoms in total. The number of pyridine rings is 1. The van der Waals surface area contributed by atoms with Crippen LogP contribution in [0.5, 0.6) is 11.5 Å². The zero-order valence-corrected chi connectivity index (χ0v) is 34.2. The van der Waals surface area contributed by atoms with Gasteiger partial charge in [-0.3, -0.25) is 24.4 Å². The van der Waals surface area contributed by atoms with Gasteiger partial charge in [-0.1, -0.05) is 48.4 Å². The van der Waals surface area contributed by atoms with Gasteiger partial charge in [0.15, 0.2) is 5.01 Å². The molecule has 7 rings (SSSR count). The fourth-order valence-electron chi connectivity index (χ4n) is 7.28. The Morgan fingerprint density at radius 3 is 2.43 bits per heavy atom. The van der Waals surface area contributed by atoms with Gasteiger partial charge in [0.05, 0.1) is 16.7 Å². The first kappa shape index (κ1) is 42.3. The molecule has 14 heteroatoms. The molecule has 2 fully saturated rings. The second-order valence-corrected chi connectivity index (χ2v) is 16.0. The Morgan fingerprint density at radius 1 is 0.948 bits per heavy atom. The average Bonchev–Trinajstić information content (AvgIpc) is 3.88. The number of β-amino-alcohol motifs (C(OH)–C–C–N with tert-alkyl or cyclic N) is 1.